The number of nitrogens with one attached hydrogen (secondary N) is 1. The van der Waals surface area contributed by atoms with E-state index in [0.717, 1.165) is 32.4 Å². The Hall–Kier alpha value is -2.15. The molecule has 7 heteroatoms. The van der Waals surface area contributed by atoms with Crippen LogP contribution in [0.3, 0.4) is 0 Å². The molecule has 1 N–H and O–H groups in total. The first-order valence-electron chi connectivity index (χ1n) is 8.06. The second kappa shape index (κ2) is 6.54. The van der Waals surface area contributed by atoms with Gasteiger partial charge < -0.3 is 15.0 Å². The molecule has 2 heterocycles. The molecule has 0 aromatic heterocycles. The lowest BCUT2D eigenvalue weighted by atomic mass is 10.1. The summed E-state index contributed by atoms with van der Waals surface area (Å²) >= 11 is 0. The Morgan fingerprint density at radius 1 is 1.39 bits per heavy atom. The summed E-state index contributed by atoms with van der Waals surface area (Å²) < 4.78 is 5.28. The third kappa shape index (κ3) is 3.01. The molecule has 2 unspecified atom stereocenters. The number of rotatable bonds is 4. The monoisotopic (exact) mass is 319 g/mol. The summed E-state index contributed by atoms with van der Waals surface area (Å²) in [4.78, 5) is 25.5. The fourth-order valence-electron chi connectivity index (χ4n) is 3.53. The molecule has 2 atom stereocenters. The normalized spacial score (nSPS) is 23.4. The Bertz CT molecular complexity index is 605. The molecule has 2 bridgehead atoms. The number of hydrogen-bond donors (Lipinski definition) is 1. The first kappa shape index (κ1) is 15.7. The van der Waals surface area contributed by atoms with E-state index in [9.17, 15) is 14.9 Å². The number of nitrogens with zero attached hydrogens (tertiary/aromatic N) is 2. The van der Waals surface area contributed by atoms with Gasteiger partial charge in [-0.15, -0.1) is 0 Å². The van der Waals surface area contributed by atoms with Crippen molar-refractivity contribution in [2.75, 3.05) is 19.7 Å². The lowest BCUT2D eigenvalue weighted by Gasteiger charge is -2.28. The largest absolute Gasteiger partial charge is 0.487 e. The zero-order chi connectivity index (χ0) is 16.4. The Balaban J connectivity index is 1.90. The van der Waals surface area contributed by atoms with Crippen LogP contribution in [0.5, 0.6) is 5.75 Å². The summed E-state index contributed by atoms with van der Waals surface area (Å²) in [5.41, 5.74) is 0.206. The van der Waals surface area contributed by atoms with Crippen LogP contribution in [0.15, 0.2) is 18.2 Å². The standard InChI is InChI=1S/C16H21N3O4/c1-2-23-15-6-3-11(9-14(15)19(21)22)16(20)18-12-4-5-13(18)10-17-8-7-12/h3,6,9,12-13,17H,2,4-5,7-8,10H2,1H3. The fraction of sp³-hybridized carbons (Fsp3) is 0.562. The van der Waals surface area contributed by atoms with Crippen LogP contribution >= 0.6 is 0 Å². The van der Waals surface area contributed by atoms with Gasteiger partial charge in [0.2, 0.25) is 0 Å². The number of amides is 1. The number of ether oxygens (including phenoxy) is 1. The molecule has 1 aromatic carbocycles. The molecule has 7 nitrogen and oxygen atoms in total. The zero-order valence-electron chi connectivity index (χ0n) is 13.2. The van der Waals surface area contributed by atoms with Gasteiger partial charge in [0.25, 0.3) is 5.91 Å². The minimum absolute atomic E-state index is 0.118. The minimum atomic E-state index is -0.500. The molecule has 2 aliphatic rings. The molecule has 0 radical (unpaired) electrons. The number of carbonyl (C=O) groups excluding carboxylic acids is 1. The zero-order valence-corrected chi connectivity index (χ0v) is 13.2. The van der Waals surface area contributed by atoms with Gasteiger partial charge in [-0.2, -0.15) is 0 Å². The maximum atomic E-state index is 12.9. The van der Waals surface area contributed by atoms with Gasteiger partial charge >= 0.3 is 5.69 Å². The van der Waals surface area contributed by atoms with Gasteiger partial charge in [0.1, 0.15) is 0 Å². The molecule has 0 saturated carbocycles. The molecule has 2 aliphatic heterocycles. The van der Waals surface area contributed by atoms with Crippen LogP contribution in [0.2, 0.25) is 0 Å². The van der Waals surface area contributed by atoms with Crippen molar-refractivity contribution in [2.24, 2.45) is 0 Å². The highest BCUT2D eigenvalue weighted by Crippen LogP contribution is 2.32. The highest BCUT2D eigenvalue weighted by molar-refractivity contribution is 5.96. The highest BCUT2D eigenvalue weighted by atomic mass is 16.6. The molecule has 23 heavy (non-hydrogen) atoms. The van der Waals surface area contributed by atoms with E-state index in [1.54, 1.807) is 13.0 Å². The molecule has 3 rings (SSSR count). The van der Waals surface area contributed by atoms with Crippen molar-refractivity contribution in [3.8, 4) is 5.75 Å². The van der Waals surface area contributed by atoms with E-state index < -0.39 is 4.92 Å². The molecule has 2 saturated heterocycles. The maximum Gasteiger partial charge on any atom is 0.311 e. The van der Waals surface area contributed by atoms with Crippen molar-refractivity contribution in [3.63, 3.8) is 0 Å². The van der Waals surface area contributed by atoms with Crippen molar-refractivity contribution >= 4 is 11.6 Å². The minimum Gasteiger partial charge on any atom is -0.487 e. The summed E-state index contributed by atoms with van der Waals surface area (Å²) in [5, 5.41) is 14.6. The third-order valence-corrected chi connectivity index (χ3v) is 4.59. The van der Waals surface area contributed by atoms with E-state index >= 15 is 0 Å². The van der Waals surface area contributed by atoms with Crippen LogP contribution in [-0.2, 0) is 0 Å². The molecule has 0 aliphatic carbocycles. The van der Waals surface area contributed by atoms with Gasteiger partial charge in [-0.05, 0) is 44.9 Å². The molecule has 1 amide bonds. The van der Waals surface area contributed by atoms with Crippen LogP contribution in [-0.4, -0.2) is 47.5 Å². The van der Waals surface area contributed by atoms with E-state index in [1.807, 2.05) is 4.90 Å². The summed E-state index contributed by atoms with van der Waals surface area (Å²) in [6, 6.07) is 4.89. The Labute approximate surface area is 134 Å². The number of nitro benzene ring substituents is 1. The van der Waals surface area contributed by atoms with Crippen molar-refractivity contribution in [1.82, 2.24) is 10.2 Å². The number of nitro groups is 1. The smallest absolute Gasteiger partial charge is 0.311 e. The van der Waals surface area contributed by atoms with Crippen LogP contribution in [0.1, 0.15) is 36.5 Å². The number of benzene rings is 1. The average Bonchev–Trinajstić information content (AvgIpc) is 2.80. The van der Waals surface area contributed by atoms with Gasteiger partial charge in [-0.25, -0.2) is 0 Å². The van der Waals surface area contributed by atoms with Crippen LogP contribution in [0.25, 0.3) is 0 Å². The quantitative estimate of drug-likeness (QED) is 0.677. The predicted octanol–water partition coefficient (Wildman–Crippen LogP) is 1.96. The van der Waals surface area contributed by atoms with Crippen molar-refractivity contribution in [1.29, 1.82) is 0 Å². The van der Waals surface area contributed by atoms with Crippen LogP contribution < -0.4 is 10.1 Å². The highest BCUT2D eigenvalue weighted by Gasteiger charge is 2.38. The van der Waals surface area contributed by atoms with Crippen LogP contribution in [0, 0.1) is 10.1 Å². The lowest BCUT2D eigenvalue weighted by Crippen LogP contribution is -2.42. The molecule has 2 fully saturated rings. The summed E-state index contributed by atoms with van der Waals surface area (Å²) in [6.07, 6.45) is 2.93. The van der Waals surface area contributed by atoms with E-state index in [2.05, 4.69) is 5.32 Å². The molecular weight excluding hydrogens is 298 g/mol. The fourth-order valence-corrected chi connectivity index (χ4v) is 3.53. The van der Waals surface area contributed by atoms with Crippen LogP contribution in [0.4, 0.5) is 5.69 Å². The molecular formula is C16H21N3O4. The SMILES string of the molecule is CCOc1ccc(C(=O)N2C3CCNCC2CC3)cc1[N+](=O)[O-]. The predicted molar refractivity (Wildman–Crippen MR) is 84.7 cm³/mol. The molecule has 1 aromatic rings. The number of carbonyl (C=O) groups is 1. The maximum absolute atomic E-state index is 12.9. The van der Waals surface area contributed by atoms with E-state index in [-0.39, 0.29) is 29.4 Å². The van der Waals surface area contributed by atoms with Crippen molar-refractivity contribution in [2.45, 2.75) is 38.3 Å². The Morgan fingerprint density at radius 2 is 2.17 bits per heavy atom. The van der Waals surface area contributed by atoms with Gasteiger partial charge in [0.15, 0.2) is 5.75 Å². The van der Waals surface area contributed by atoms with Gasteiger partial charge in [0.05, 0.1) is 11.5 Å². The second-order valence-electron chi connectivity index (χ2n) is 5.96. The number of fused-ring (bicyclic) bond motifs is 2. The topological polar surface area (TPSA) is 84.7 Å². The first-order chi connectivity index (χ1) is 11.1. The van der Waals surface area contributed by atoms with E-state index in [0.29, 0.717) is 12.2 Å². The van der Waals surface area contributed by atoms with Crippen molar-refractivity contribution in [3.05, 3.63) is 33.9 Å². The van der Waals surface area contributed by atoms with Gasteiger partial charge in [0, 0.05) is 30.3 Å². The van der Waals surface area contributed by atoms with E-state index in [1.165, 1.54) is 12.1 Å². The van der Waals surface area contributed by atoms with E-state index in [4.69, 9.17) is 4.74 Å². The Kier molecular flexibility index (Phi) is 4.47. The average molecular weight is 319 g/mol. The first-order valence-corrected chi connectivity index (χ1v) is 8.06. The summed E-state index contributed by atoms with van der Waals surface area (Å²) in [5.74, 6) is 0.0851. The molecule has 0 spiro atoms. The van der Waals surface area contributed by atoms with Gasteiger partial charge in [-0.3, -0.25) is 14.9 Å². The third-order valence-electron chi connectivity index (χ3n) is 4.59. The Morgan fingerprint density at radius 3 is 2.91 bits per heavy atom. The number of hydrogen-bond acceptors (Lipinski definition) is 5. The summed E-state index contributed by atoms with van der Waals surface area (Å²) in [7, 11) is 0. The second-order valence-corrected chi connectivity index (χ2v) is 5.96. The molecule has 124 valence electrons. The summed E-state index contributed by atoms with van der Waals surface area (Å²) in [6.45, 7) is 3.82. The van der Waals surface area contributed by atoms with Crippen molar-refractivity contribution < 1.29 is 14.5 Å². The van der Waals surface area contributed by atoms with Gasteiger partial charge in [-0.1, -0.05) is 0 Å². The lowest BCUT2D eigenvalue weighted by molar-refractivity contribution is -0.385.